The Morgan fingerprint density at radius 3 is 2.39 bits per heavy atom. The first-order valence-corrected chi connectivity index (χ1v) is 5.46. The highest BCUT2D eigenvalue weighted by atomic mass is 19.4. The zero-order valence-corrected chi connectivity index (χ0v) is 9.88. The normalized spacial score (nSPS) is 11.3. The zero-order chi connectivity index (χ0) is 13.6. The molecule has 0 aliphatic rings. The molecule has 0 amide bonds. The highest BCUT2D eigenvalue weighted by Crippen LogP contribution is 2.28. The van der Waals surface area contributed by atoms with E-state index in [0.29, 0.717) is 18.7 Å². The summed E-state index contributed by atoms with van der Waals surface area (Å²) in [5.41, 5.74) is -0.0102. The number of esters is 1. The quantitative estimate of drug-likeness (QED) is 0.827. The molecule has 1 aromatic rings. The molecule has 0 atom stereocenters. The Balaban J connectivity index is 2.42. The maximum absolute atomic E-state index is 12.3. The predicted molar refractivity (Wildman–Crippen MR) is 59.8 cm³/mol. The fraction of sp³-hybridized carbons (Fsp3) is 0.417. The summed E-state index contributed by atoms with van der Waals surface area (Å²) in [5.74, 6) is -0.385. The molecule has 0 spiro atoms. The summed E-state index contributed by atoms with van der Waals surface area (Å²) in [4.78, 5) is 11.0. The third-order valence-corrected chi connectivity index (χ3v) is 2.19. The molecule has 18 heavy (non-hydrogen) atoms. The minimum Gasteiger partial charge on any atom is -0.465 e. The van der Waals surface area contributed by atoms with E-state index in [2.05, 4.69) is 5.32 Å². The summed E-state index contributed by atoms with van der Waals surface area (Å²) in [6.45, 7) is 2.36. The number of hydrogen-bond donors (Lipinski definition) is 1. The van der Waals surface area contributed by atoms with Crippen molar-refractivity contribution in [1.29, 1.82) is 0 Å². The lowest BCUT2D eigenvalue weighted by molar-refractivity contribution is -0.142. The molecule has 3 nitrogen and oxygen atoms in total. The summed E-state index contributed by atoms with van der Waals surface area (Å²) >= 11 is 0. The fourth-order valence-corrected chi connectivity index (χ4v) is 1.33. The van der Waals surface area contributed by atoms with Crippen molar-refractivity contribution in [1.82, 2.24) is 5.32 Å². The third-order valence-electron chi connectivity index (χ3n) is 2.19. The van der Waals surface area contributed by atoms with E-state index in [-0.39, 0.29) is 12.5 Å². The van der Waals surface area contributed by atoms with Crippen LogP contribution in [0.5, 0.6) is 0 Å². The second-order valence-electron chi connectivity index (χ2n) is 3.60. The molecule has 0 saturated heterocycles. The van der Waals surface area contributed by atoms with Crippen molar-refractivity contribution in [2.24, 2.45) is 0 Å². The molecule has 0 unspecified atom stereocenters. The Labute approximate surface area is 103 Å². The Bertz CT molecular complexity index is 387. The molecule has 0 bridgehead atoms. The van der Waals surface area contributed by atoms with E-state index in [1.54, 1.807) is 6.92 Å². The first-order valence-electron chi connectivity index (χ1n) is 5.46. The van der Waals surface area contributed by atoms with Crippen molar-refractivity contribution in [2.45, 2.75) is 19.6 Å². The van der Waals surface area contributed by atoms with Crippen LogP contribution in [0, 0.1) is 0 Å². The Morgan fingerprint density at radius 2 is 1.89 bits per heavy atom. The molecule has 0 aliphatic heterocycles. The van der Waals surface area contributed by atoms with Gasteiger partial charge in [0.2, 0.25) is 0 Å². The van der Waals surface area contributed by atoms with Gasteiger partial charge in [-0.1, -0.05) is 12.1 Å². The van der Waals surface area contributed by atoms with Crippen molar-refractivity contribution in [2.75, 3.05) is 13.2 Å². The largest absolute Gasteiger partial charge is 0.465 e. The van der Waals surface area contributed by atoms with Gasteiger partial charge in [-0.25, -0.2) is 0 Å². The summed E-state index contributed by atoms with van der Waals surface area (Å²) in [7, 11) is 0. The number of ether oxygens (including phenoxy) is 1. The molecular formula is C12H14F3NO2. The molecule has 100 valence electrons. The van der Waals surface area contributed by atoms with Crippen LogP contribution < -0.4 is 5.32 Å². The van der Waals surface area contributed by atoms with Gasteiger partial charge in [0.1, 0.15) is 0 Å². The standard InChI is InChI=1S/C12H14F3NO2/c1-2-18-11(17)8-16-7-9-3-5-10(6-4-9)12(13,14)15/h3-6,16H,2,7-8H2,1H3. The summed E-state index contributed by atoms with van der Waals surface area (Å²) in [6, 6.07) is 4.78. The van der Waals surface area contributed by atoms with E-state index in [9.17, 15) is 18.0 Å². The van der Waals surface area contributed by atoms with E-state index in [0.717, 1.165) is 12.1 Å². The minimum absolute atomic E-state index is 0.0366. The van der Waals surface area contributed by atoms with Crippen LogP contribution in [-0.2, 0) is 22.3 Å². The number of alkyl halides is 3. The van der Waals surface area contributed by atoms with Gasteiger partial charge in [0, 0.05) is 6.54 Å². The topological polar surface area (TPSA) is 38.3 Å². The number of carbonyl (C=O) groups is 1. The lowest BCUT2D eigenvalue weighted by Crippen LogP contribution is -2.24. The molecule has 1 N–H and O–H groups in total. The van der Waals surface area contributed by atoms with Gasteiger partial charge in [0.15, 0.2) is 0 Å². The number of halogens is 3. The van der Waals surface area contributed by atoms with Crippen molar-refractivity contribution in [3.63, 3.8) is 0 Å². The minimum atomic E-state index is -4.32. The summed E-state index contributed by atoms with van der Waals surface area (Å²) < 4.78 is 41.5. The summed E-state index contributed by atoms with van der Waals surface area (Å²) in [5, 5.41) is 2.79. The van der Waals surface area contributed by atoms with Crippen molar-refractivity contribution in [3.8, 4) is 0 Å². The molecule has 0 aliphatic carbocycles. The first kappa shape index (κ1) is 14.5. The van der Waals surface area contributed by atoms with Gasteiger partial charge in [-0.3, -0.25) is 4.79 Å². The van der Waals surface area contributed by atoms with Gasteiger partial charge in [0.25, 0.3) is 0 Å². The maximum atomic E-state index is 12.3. The van der Waals surface area contributed by atoms with Crippen LogP contribution in [0.3, 0.4) is 0 Å². The van der Waals surface area contributed by atoms with Crippen LogP contribution in [0.1, 0.15) is 18.1 Å². The average Bonchev–Trinajstić information content (AvgIpc) is 2.29. The SMILES string of the molecule is CCOC(=O)CNCc1ccc(C(F)(F)F)cc1. The highest BCUT2D eigenvalue weighted by molar-refractivity contribution is 5.71. The van der Waals surface area contributed by atoms with Crippen LogP contribution in [0.25, 0.3) is 0 Å². The monoisotopic (exact) mass is 261 g/mol. The third kappa shape index (κ3) is 4.75. The van der Waals surface area contributed by atoms with Crippen LogP contribution in [0.15, 0.2) is 24.3 Å². The molecule has 6 heteroatoms. The van der Waals surface area contributed by atoms with E-state index < -0.39 is 11.7 Å². The molecule has 0 heterocycles. The van der Waals surface area contributed by atoms with E-state index in [4.69, 9.17) is 4.74 Å². The zero-order valence-electron chi connectivity index (χ0n) is 9.88. The van der Waals surface area contributed by atoms with Crippen LogP contribution in [0.4, 0.5) is 13.2 Å². The fourth-order valence-electron chi connectivity index (χ4n) is 1.33. The van der Waals surface area contributed by atoms with Gasteiger partial charge in [-0.15, -0.1) is 0 Å². The highest BCUT2D eigenvalue weighted by Gasteiger charge is 2.29. The lowest BCUT2D eigenvalue weighted by Gasteiger charge is -2.08. The molecule has 0 saturated carbocycles. The van der Waals surface area contributed by atoms with Gasteiger partial charge in [-0.05, 0) is 24.6 Å². The summed E-state index contributed by atoms with van der Waals surface area (Å²) in [6.07, 6.45) is -4.32. The number of benzene rings is 1. The van der Waals surface area contributed by atoms with E-state index >= 15 is 0 Å². The van der Waals surface area contributed by atoms with Gasteiger partial charge in [-0.2, -0.15) is 13.2 Å². The molecule has 0 radical (unpaired) electrons. The Morgan fingerprint density at radius 1 is 1.28 bits per heavy atom. The van der Waals surface area contributed by atoms with Crippen LogP contribution in [0.2, 0.25) is 0 Å². The van der Waals surface area contributed by atoms with Crippen molar-refractivity contribution >= 4 is 5.97 Å². The molecule has 0 aromatic heterocycles. The Hall–Kier alpha value is -1.56. The van der Waals surface area contributed by atoms with Crippen molar-refractivity contribution < 1.29 is 22.7 Å². The number of rotatable bonds is 5. The van der Waals surface area contributed by atoms with Crippen LogP contribution >= 0.6 is 0 Å². The predicted octanol–water partition coefficient (Wildman–Crippen LogP) is 2.36. The molecule has 1 rings (SSSR count). The average molecular weight is 261 g/mol. The second kappa shape index (κ2) is 6.39. The van der Waals surface area contributed by atoms with E-state index in [1.165, 1.54) is 12.1 Å². The Kier molecular flexibility index (Phi) is 5.15. The van der Waals surface area contributed by atoms with Crippen molar-refractivity contribution in [3.05, 3.63) is 35.4 Å². The lowest BCUT2D eigenvalue weighted by atomic mass is 10.1. The number of nitrogens with one attached hydrogen (secondary N) is 1. The van der Waals surface area contributed by atoms with Gasteiger partial charge < -0.3 is 10.1 Å². The molecule has 1 aromatic carbocycles. The van der Waals surface area contributed by atoms with E-state index in [1.807, 2.05) is 0 Å². The molecular weight excluding hydrogens is 247 g/mol. The van der Waals surface area contributed by atoms with Crippen LogP contribution in [-0.4, -0.2) is 19.1 Å². The molecule has 0 fully saturated rings. The maximum Gasteiger partial charge on any atom is 0.416 e. The smallest absolute Gasteiger partial charge is 0.416 e. The van der Waals surface area contributed by atoms with Gasteiger partial charge in [0.05, 0.1) is 18.7 Å². The first-order chi connectivity index (χ1) is 8.43. The van der Waals surface area contributed by atoms with Gasteiger partial charge >= 0.3 is 12.1 Å². The number of carbonyl (C=O) groups excluding carboxylic acids is 1. The second-order valence-corrected chi connectivity index (χ2v) is 3.60. The number of hydrogen-bond acceptors (Lipinski definition) is 3.